The average Bonchev–Trinajstić information content (AvgIpc) is 2.54. The molecular weight excluding hydrogens is 212 g/mol. The molecule has 0 aromatic rings. The van der Waals surface area contributed by atoms with E-state index in [0.29, 0.717) is 19.3 Å². The summed E-state index contributed by atoms with van der Waals surface area (Å²) in [7, 11) is 0. The molecule has 1 aliphatic carbocycles. The first-order chi connectivity index (χ1) is 8.19. The summed E-state index contributed by atoms with van der Waals surface area (Å²) in [5.41, 5.74) is -0.971. The van der Waals surface area contributed by atoms with Crippen LogP contribution in [0.4, 0.5) is 0 Å². The molecule has 100 valence electrons. The van der Waals surface area contributed by atoms with Crippen LogP contribution in [0.1, 0.15) is 84.0 Å². The van der Waals surface area contributed by atoms with Gasteiger partial charge in [-0.25, -0.2) is 0 Å². The fourth-order valence-electron chi connectivity index (χ4n) is 2.71. The van der Waals surface area contributed by atoms with E-state index in [9.17, 15) is 9.90 Å². The van der Waals surface area contributed by atoms with E-state index in [1.165, 1.54) is 32.1 Å². The number of carbonyl (C=O) groups excluding carboxylic acids is 1. The van der Waals surface area contributed by atoms with Crippen LogP contribution in [-0.4, -0.2) is 16.5 Å². The molecule has 1 fully saturated rings. The Morgan fingerprint density at radius 1 is 1.00 bits per heavy atom. The molecule has 2 heteroatoms. The monoisotopic (exact) mass is 240 g/mol. The zero-order valence-corrected chi connectivity index (χ0v) is 11.3. The third-order valence-corrected chi connectivity index (χ3v) is 3.96. The fourth-order valence-corrected chi connectivity index (χ4v) is 2.71. The lowest BCUT2D eigenvalue weighted by molar-refractivity contribution is -0.138. The Hall–Kier alpha value is -0.370. The SMILES string of the molecule is CCCCCCCC(=O)C1(O)CCCCCC1. The van der Waals surface area contributed by atoms with Crippen molar-refractivity contribution in [3.63, 3.8) is 0 Å². The minimum absolute atomic E-state index is 0.107. The lowest BCUT2D eigenvalue weighted by Crippen LogP contribution is -2.37. The summed E-state index contributed by atoms with van der Waals surface area (Å²) in [4.78, 5) is 12.1. The van der Waals surface area contributed by atoms with Gasteiger partial charge in [-0.3, -0.25) is 4.79 Å². The Kier molecular flexibility index (Phi) is 6.79. The first kappa shape index (κ1) is 14.7. The highest BCUT2D eigenvalue weighted by atomic mass is 16.3. The molecule has 0 amide bonds. The number of rotatable bonds is 7. The largest absolute Gasteiger partial charge is 0.382 e. The van der Waals surface area contributed by atoms with Crippen molar-refractivity contribution in [3.8, 4) is 0 Å². The molecule has 0 heterocycles. The molecule has 0 bridgehead atoms. The minimum Gasteiger partial charge on any atom is -0.382 e. The predicted octanol–water partition coefficient (Wildman–Crippen LogP) is 4.00. The quantitative estimate of drug-likeness (QED) is 0.539. The van der Waals surface area contributed by atoms with Crippen molar-refractivity contribution in [2.45, 2.75) is 89.6 Å². The van der Waals surface area contributed by atoms with Gasteiger partial charge >= 0.3 is 0 Å². The predicted molar refractivity (Wildman–Crippen MR) is 71.0 cm³/mol. The smallest absolute Gasteiger partial charge is 0.164 e. The highest BCUT2D eigenvalue weighted by Crippen LogP contribution is 2.29. The van der Waals surface area contributed by atoms with Gasteiger partial charge < -0.3 is 5.11 Å². The van der Waals surface area contributed by atoms with E-state index in [4.69, 9.17) is 0 Å². The van der Waals surface area contributed by atoms with Gasteiger partial charge in [0.25, 0.3) is 0 Å². The van der Waals surface area contributed by atoms with E-state index in [0.717, 1.165) is 25.7 Å². The molecule has 1 aliphatic rings. The average molecular weight is 240 g/mol. The molecule has 0 saturated heterocycles. The highest BCUT2D eigenvalue weighted by molar-refractivity contribution is 5.86. The highest BCUT2D eigenvalue weighted by Gasteiger charge is 2.34. The van der Waals surface area contributed by atoms with E-state index < -0.39 is 5.60 Å². The van der Waals surface area contributed by atoms with Crippen LogP contribution in [0.25, 0.3) is 0 Å². The molecule has 0 radical (unpaired) electrons. The van der Waals surface area contributed by atoms with Crippen molar-refractivity contribution in [1.29, 1.82) is 0 Å². The van der Waals surface area contributed by atoms with Crippen LogP contribution < -0.4 is 0 Å². The van der Waals surface area contributed by atoms with Gasteiger partial charge in [-0.05, 0) is 19.3 Å². The second kappa shape index (κ2) is 7.86. The van der Waals surface area contributed by atoms with Gasteiger partial charge in [-0.2, -0.15) is 0 Å². The molecule has 0 aromatic heterocycles. The summed E-state index contributed by atoms with van der Waals surface area (Å²) in [5.74, 6) is 0.107. The molecular formula is C15H28O2. The van der Waals surface area contributed by atoms with Gasteiger partial charge in [0, 0.05) is 6.42 Å². The van der Waals surface area contributed by atoms with Crippen LogP contribution in [0.2, 0.25) is 0 Å². The number of hydrogen-bond acceptors (Lipinski definition) is 2. The lowest BCUT2D eigenvalue weighted by atomic mass is 9.87. The van der Waals surface area contributed by atoms with Crippen LogP contribution in [0, 0.1) is 0 Å². The maximum absolute atomic E-state index is 12.1. The van der Waals surface area contributed by atoms with Crippen molar-refractivity contribution < 1.29 is 9.90 Å². The number of Topliss-reactive ketones (excluding diaryl/α,β-unsaturated/α-hetero) is 1. The molecule has 1 rings (SSSR count). The molecule has 1 saturated carbocycles. The van der Waals surface area contributed by atoms with E-state index in [1.54, 1.807) is 0 Å². The van der Waals surface area contributed by atoms with E-state index >= 15 is 0 Å². The summed E-state index contributed by atoms with van der Waals surface area (Å²) >= 11 is 0. The van der Waals surface area contributed by atoms with Crippen molar-refractivity contribution in [2.75, 3.05) is 0 Å². The standard InChI is InChI=1S/C15H28O2/c1-2-3-4-5-8-11-14(16)15(17)12-9-6-7-10-13-15/h17H,2-13H2,1H3. The normalized spacial score (nSPS) is 19.9. The molecule has 0 aliphatic heterocycles. The summed E-state index contributed by atoms with van der Waals surface area (Å²) < 4.78 is 0. The fraction of sp³-hybridized carbons (Fsp3) is 0.933. The second-order valence-corrected chi connectivity index (χ2v) is 5.53. The van der Waals surface area contributed by atoms with Gasteiger partial charge in [0.15, 0.2) is 5.78 Å². The van der Waals surface area contributed by atoms with Gasteiger partial charge in [0.1, 0.15) is 5.60 Å². The molecule has 17 heavy (non-hydrogen) atoms. The van der Waals surface area contributed by atoms with Crippen LogP contribution in [0.15, 0.2) is 0 Å². The van der Waals surface area contributed by atoms with Crippen LogP contribution >= 0.6 is 0 Å². The third kappa shape index (κ3) is 5.20. The number of unbranched alkanes of at least 4 members (excludes halogenated alkanes) is 4. The van der Waals surface area contributed by atoms with E-state index in [-0.39, 0.29) is 5.78 Å². The third-order valence-electron chi connectivity index (χ3n) is 3.96. The first-order valence-electron chi connectivity index (χ1n) is 7.45. The Morgan fingerprint density at radius 3 is 2.18 bits per heavy atom. The summed E-state index contributed by atoms with van der Waals surface area (Å²) in [6.45, 7) is 2.19. The second-order valence-electron chi connectivity index (χ2n) is 5.53. The number of hydrogen-bond donors (Lipinski definition) is 1. The first-order valence-corrected chi connectivity index (χ1v) is 7.45. The van der Waals surface area contributed by atoms with E-state index in [2.05, 4.69) is 6.92 Å². The van der Waals surface area contributed by atoms with Crippen molar-refractivity contribution in [1.82, 2.24) is 0 Å². The number of aliphatic hydroxyl groups is 1. The summed E-state index contributed by atoms with van der Waals surface area (Å²) in [5, 5.41) is 10.4. The van der Waals surface area contributed by atoms with Crippen LogP contribution in [-0.2, 0) is 4.79 Å². The van der Waals surface area contributed by atoms with Crippen LogP contribution in [0.3, 0.4) is 0 Å². The maximum atomic E-state index is 12.1. The Labute approximate surface area is 106 Å². The summed E-state index contributed by atoms with van der Waals surface area (Å²) in [6, 6.07) is 0. The summed E-state index contributed by atoms with van der Waals surface area (Å²) in [6.07, 6.45) is 12.2. The van der Waals surface area contributed by atoms with Gasteiger partial charge in [0.05, 0.1) is 0 Å². The van der Waals surface area contributed by atoms with Gasteiger partial charge in [0.2, 0.25) is 0 Å². The molecule has 2 nitrogen and oxygen atoms in total. The molecule has 0 spiro atoms. The van der Waals surface area contributed by atoms with Crippen molar-refractivity contribution in [2.24, 2.45) is 0 Å². The zero-order valence-electron chi connectivity index (χ0n) is 11.3. The molecule has 0 atom stereocenters. The maximum Gasteiger partial charge on any atom is 0.164 e. The zero-order chi connectivity index (χ0) is 12.6. The number of carbonyl (C=O) groups is 1. The van der Waals surface area contributed by atoms with Gasteiger partial charge in [-0.1, -0.05) is 58.3 Å². The molecule has 0 aromatic carbocycles. The lowest BCUT2D eigenvalue weighted by Gasteiger charge is -2.24. The Morgan fingerprint density at radius 2 is 1.59 bits per heavy atom. The molecule has 1 N–H and O–H groups in total. The van der Waals surface area contributed by atoms with Crippen molar-refractivity contribution >= 4 is 5.78 Å². The number of ketones is 1. The minimum atomic E-state index is -0.971. The Balaban J connectivity index is 2.24. The van der Waals surface area contributed by atoms with Crippen molar-refractivity contribution in [3.05, 3.63) is 0 Å². The van der Waals surface area contributed by atoms with Crippen LogP contribution in [0.5, 0.6) is 0 Å². The van der Waals surface area contributed by atoms with E-state index in [1.807, 2.05) is 0 Å². The Bertz CT molecular complexity index is 215. The topological polar surface area (TPSA) is 37.3 Å². The molecule has 0 unspecified atom stereocenters. The van der Waals surface area contributed by atoms with Gasteiger partial charge in [-0.15, -0.1) is 0 Å².